The fraction of sp³-hybridized carbons (Fsp3) is 0.0952. The Bertz CT molecular complexity index is 1210. The summed E-state index contributed by atoms with van der Waals surface area (Å²) in [5.74, 6) is 0.962. The molecule has 0 unspecified atom stereocenters. The number of nitrogens with zero attached hydrogens (tertiary/aromatic N) is 5. The molecule has 144 valence electrons. The molecule has 29 heavy (non-hydrogen) atoms. The Kier molecular flexibility index (Phi) is 4.75. The Labute approximate surface area is 176 Å². The molecule has 6 nitrogen and oxygen atoms in total. The second-order valence-electron chi connectivity index (χ2n) is 6.58. The van der Waals surface area contributed by atoms with Gasteiger partial charge in [0.2, 0.25) is 10.1 Å². The van der Waals surface area contributed by atoms with E-state index in [1.807, 2.05) is 61.1 Å². The highest BCUT2D eigenvalue weighted by Gasteiger charge is 2.11. The Morgan fingerprint density at radius 2 is 1.86 bits per heavy atom. The van der Waals surface area contributed by atoms with Crippen LogP contribution in [-0.4, -0.2) is 24.1 Å². The smallest absolute Gasteiger partial charge is 0.214 e. The van der Waals surface area contributed by atoms with Gasteiger partial charge < -0.3 is 9.88 Å². The van der Waals surface area contributed by atoms with Crippen molar-refractivity contribution in [3.8, 4) is 11.3 Å². The fourth-order valence-electron chi connectivity index (χ4n) is 3.12. The molecule has 0 saturated heterocycles. The SMILES string of the molecule is Clc1ccc(-c2cn3nc(NCc4nccn4Cc4ccccc4)sc3n2)cc1. The zero-order chi connectivity index (χ0) is 19.6. The highest BCUT2D eigenvalue weighted by molar-refractivity contribution is 7.20. The van der Waals surface area contributed by atoms with Crippen molar-refractivity contribution in [1.29, 1.82) is 0 Å². The average molecular weight is 421 g/mol. The first-order valence-corrected chi connectivity index (χ1v) is 10.3. The lowest BCUT2D eigenvalue weighted by molar-refractivity contribution is 0.734. The first kappa shape index (κ1) is 17.9. The van der Waals surface area contributed by atoms with Crippen molar-refractivity contribution in [2.24, 2.45) is 0 Å². The molecule has 0 spiro atoms. The van der Waals surface area contributed by atoms with Gasteiger partial charge in [-0.2, -0.15) is 0 Å². The highest BCUT2D eigenvalue weighted by atomic mass is 35.5. The van der Waals surface area contributed by atoms with Crippen LogP contribution in [0.4, 0.5) is 5.13 Å². The Balaban J connectivity index is 1.29. The van der Waals surface area contributed by atoms with E-state index in [0.29, 0.717) is 11.6 Å². The van der Waals surface area contributed by atoms with Gasteiger partial charge in [-0.25, -0.2) is 14.5 Å². The van der Waals surface area contributed by atoms with E-state index in [4.69, 9.17) is 11.6 Å². The van der Waals surface area contributed by atoms with E-state index in [1.54, 1.807) is 4.52 Å². The third kappa shape index (κ3) is 3.87. The molecular weight excluding hydrogens is 404 g/mol. The molecule has 2 aromatic carbocycles. The largest absolute Gasteiger partial charge is 0.353 e. The molecule has 0 aliphatic carbocycles. The zero-order valence-corrected chi connectivity index (χ0v) is 16.9. The number of fused-ring (bicyclic) bond motifs is 1. The highest BCUT2D eigenvalue weighted by Crippen LogP contribution is 2.25. The number of hydrogen-bond donors (Lipinski definition) is 1. The van der Waals surface area contributed by atoms with Crippen LogP contribution in [0.25, 0.3) is 16.2 Å². The molecule has 8 heteroatoms. The first-order chi connectivity index (χ1) is 14.2. The number of halogens is 1. The van der Waals surface area contributed by atoms with E-state index in [-0.39, 0.29) is 0 Å². The first-order valence-electron chi connectivity index (χ1n) is 9.14. The Morgan fingerprint density at radius 3 is 2.66 bits per heavy atom. The maximum atomic E-state index is 5.96. The molecule has 3 aromatic heterocycles. The number of hydrogen-bond acceptors (Lipinski definition) is 5. The van der Waals surface area contributed by atoms with E-state index >= 15 is 0 Å². The lowest BCUT2D eigenvalue weighted by atomic mass is 10.2. The Morgan fingerprint density at radius 1 is 1.03 bits per heavy atom. The number of aromatic nitrogens is 5. The van der Waals surface area contributed by atoms with Crippen molar-refractivity contribution < 1.29 is 0 Å². The number of imidazole rings is 2. The van der Waals surface area contributed by atoms with Crippen molar-refractivity contribution >= 4 is 33.0 Å². The number of nitrogens with one attached hydrogen (secondary N) is 1. The number of benzene rings is 2. The molecule has 0 amide bonds. The fourth-order valence-corrected chi connectivity index (χ4v) is 4.02. The van der Waals surface area contributed by atoms with Gasteiger partial charge in [-0.3, -0.25) is 0 Å². The van der Waals surface area contributed by atoms with E-state index in [9.17, 15) is 0 Å². The molecule has 0 fully saturated rings. The van der Waals surface area contributed by atoms with Gasteiger partial charge in [0.1, 0.15) is 5.82 Å². The molecule has 0 radical (unpaired) electrons. The summed E-state index contributed by atoms with van der Waals surface area (Å²) < 4.78 is 3.94. The van der Waals surface area contributed by atoms with Crippen LogP contribution >= 0.6 is 22.9 Å². The Hall–Kier alpha value is -3.16. The molecule has 0 atom stereocenters. The molecule has 0 aliphatic rings. The van der Waals surface area contributed by atoms with Gasteiger partial charge in [0.15, 0.2) is 0 Å². The maximum Gasteiger partial charge on any atom is 0.214 e. The van der Waals surface area contributed by atoms with Crippen molar-refractivity contribution in [3.05, 3.63) is 89.6 Å². The van der Waals surface area contributed by atoms with Crippen molar-refractivity contribution in [1.82, 2.24) is 24.1 Å². The van der Waals surface area contributed by atoms with Crippen LogP contribution in [0.3, 0.4) is 0 Å². The van der Waals surface area contributed by atoms with Gasteiger partial charge in [-0.15, -0.1) is 5.10 Å². The van der Waals surface area contributed by atoms with Crippen molar-refractivity contribution in [2.75, 3.05) is 5.32 Å². The molecule has 0 aliphatic heterocycles. The van der Waals surface area contributed by atoms with Crippen LogP contribution in [-0.2, 0) is 13.1 Å². The lowest BCUT2D eigenvalue weighted by Crippen LogP contribution is -2.09. The summed E-state index contributed by atoms with van der Waals surface area (Å²) >= 11 is 7.47. The van der Waals surface area contributed by atoms with Crippen LogP contribution in [0.1, 0.15) is 11.4 Å². The van der Waals surface area contributed by atoms with E-state index in [0.717, 1.165) is 33.7 Å². The number of rotatable bonds is 6. The molecule has 0 saturated carbocycles. The summed E-state index contributed by atoms with van der Waals surface area (Å²) in [7, 11) is 0. The van der Waals surface area contributed by atoms with Crippen LogP contribution in [0.5, 0.6) is 0 Å². The van der Waals surface area contributed by atoms with Gasteiger partial charge in [0.05, 0.1) is 18.4 Å². The van der Waals surface area contributed by atoms with E-state index in [2.05, 4.69) is 37.1 Å². The zero-order valence-electron chi connectivity index (χ0n) is 15.4. The summed E-state index contributed by atoms with van der Waals surface area (Å²) in [5, 5.41) is 9.47. The van der Waals surface area contributed by atoms with E-state index in [1.165, 1.54) is 16.9 Å². The molecule has 5 rings (SSSR count). The average Bonchev–Trinajstić information content (AvgIpc) is 3.43. The molecule has 5 aromatic rings. The summed E-state index contributed by atoms with van der Waals surface area (Å²) in [5.41, 5.74) is 3.14. The second-order valence-corrected chi connectivity index (χ2v) is 7.97. The summed E-state index contributed by atoms with van der Waals surface area (Å²) in [6.45, 7) is 1.39. The van der Waals surface area contributed by atoms with E-state index < -0.39 is 0 Å². The van der Waals surface area contributed by atoms with Gasteiger partial charge in [-0.1, -0.05) is 65.4 Å². The monoisotopic (exact) mass is 420 g/mol. The third-order valence-electron chi connectivity index (χ3n) is 4.58. The summed E-state index contributed by atoms with van der Waals surface area (Å²) in [6.07, 6.45) is 5.75. The minimum atomic E-state index is 0.598. The quantitative estimate of drug-likeness (QED) is 0.421. The van der Waals surface area contributed by atoms with Crippen molar-refractivity contribution in [3.63, 3.8) is 0 Å². The number of anilines is 1. The predicted molar refractivity (Wildman–Crippen MR) is 116 cm³/mol. The standard InChI is InChI=1S/C21H17ClN6S/c22-17-8-6-16(7-9-17)18-14-28-21(25-18)29-20(26-28)24-12-19-23-10-11-27(19)13-15-4-2-1-3-5-15/h1-11,14H,12-13H2,(H,24,26). The van der Waals surface area contributed by atoms with Crippen LogP contribution in [0.2, 0.25) is 5.02 Å². The molecule has 1 N–H and O–H groups in total. The lowest BCUT2D eigenvalue weighted by Gasteiger charge is -2.08. The van der Waals surface area contributed by atoms with Crippen LogP contribution in [0, 0.1) is 0 Å². The molecule has 0 bridgehead atoms. The summed E-state index contributed by atoms with van der Waals surface area (Å²) in [4.78, 5) is 9.98. The van der Waals surface area contributed by atoms with Gasteiger partial charge >= 0.3 is 0 Å². The topological polar surface area (TPSA) is 60.0 Å². The minimum Gasteiger partial charge on any atom is -0.353 e. The predicted octanol–water partition coefficient (Wildman–Crippen LogP) is 4.97. The third-order valence-corrected chi connectivity index (χ3v) is 5.71. The van der Waals surface area contributed by atoms with Gasteiger partial charge in [0.25, 0.3) is 0 Å². The van der Waals surface area contributed by atoms with Crippen molar-refractivity contribution in [2.45, 2.75) is 13.1 Å². The second kappa shape index (κ2) is 7.69. The summed E-state index contributed by atoms with van der Waals surface area (Å²) in [6, 6.07) is 18.0. The molecule has 3 heterocycles. The van der Waals surface area contributed by atoms with Crippen LogP contribution in [0.15, 0.2) is 73.2 Å². The molecular formula is C21H17ClN6S. The maximum absolute atomic E-state index is 5.96. The van der Waals surface area contributed by atoms with Gasteiger partial charge in [0, 0.05) is 29.5 Å². The minimum absolute atomic E-state index is 0.598. The normalized spacial score (nSPS) is 11.2. The van der Waals surface area contributed by atoms with Crippen LogP contribution < -0.4 is 5.32 Å². The van der Waals surface area contributed by atoms with Gasteiger partial charge in [-0.05, 0) is 17.7 Å².